The molecule has 0 amide bonds. The summed E-state index contributed by atoms with van der Waals surface area (Å²) in [5.41, 5.74) is 9.64. The van der Waals surface area contributed by atoms with E-state index in [1.807, 2.05) is 49.9 Å². The van der Waals surface area contributed by atoms with Crippen LogP contribution in [0.1, 0.15) is 43.0 Å². The summed E-state index contributed by atoms with van der Waals surface area (Å²) in [4.78, 5) is 26.6. The summed E-state index contributed by atoms with van der Waals surface area (Å²) in [6.07, 6.45) is 0.946. The summed E-state index contributed by atoms with van der Waals surface area (Å²) in [7, 11) is 0. The SMILES string of the molecule is Cc1cccc(N2C(N)=C(C#N)C(c3ccc([N+](=O)[O-])s3)C3=C2CC(C)(C)CC3=O)c1. The Kier molecular flexibility index (Phi) is 4.94. The molecule has 4 rings (SSSR count). The molecule has 0 fully saturated rings. The van der Waals surface area contributed by atoms with Crippen LogP contribution >= 0.6 is 11.3 Å². The van der Waals surface area contributed by atoms with E-state index >= 15 is 0 Å². The van der Waals surface area contributed by atoms with E-state index in [1.165, 1.54) is 6.07 Å². The van der Waals surface area contributed by atoms with Crippen molar-refractivity contribution in [2.45, 2.75) is 39.5 Å². The van der Waals surface area contributed by atoms with E-state index in [0.29, 0.717) is 23.3 Å². The maximum atomic E-state index is 13.4. The van der Waals surface area contributed by atoms with E-state index in [4.69, 9.17) is 5.73 Å². The first-order valence-corrected chi connectivity index (χ1v) is 10.7. The van der Waals surface area contributed by atoms with Crippen molar-refractivity contribution in [2.24, 2.45) is 11.1 Å². The molecule has 8 heteroatoms. The minimum Gasteiger partial charge on any atom is -0.384 e. The molecular formula is C23H22N4O3S. The number of nitriles is 1. The molecule has 2 aromatic rings. The number of nitro groups is 1. The zero-order valence-corrected chi connectivity index (χ0v) is 18.3. The lowest BCUT2D eigenvalue weighted by Crippen LogP contribution is -2.42. The maximum Gasteiger partial charge on any atom is 0.324 e. The van der Waals surface area contributed by atoms with Gasteiger partial charge in [0.05, 0.1) is 22.5 Å². The summed E-state index contributed by atoms with van der Waals surface area (Å²) < 4.78 is 0. The van der Waals surface area contributed by atoms with Crippen LogP contribution in [-0.2, 0) is 4.79 Å². The number of aryl methyl sites for hydroxylation is 1. The van der Waals surface area contributed by atoms with Crippen LogP contribution in [0.25, 0.3) is 0 Å². The number of rotatable bonds is 3. The van der Waals surface area contributed by atoms with Crippen LogP contribution in [0, 0.1) is 33.8 Å². The van der Waals surface area contributed by atoms with Gasteiger partial charge in [0.25, 0.3) is 0 Å². The highest BCUT2D eigenvalue weighted by Crippen LogP contribution is 2.51. The van der Waals surface area contributed by atoms with Crippen molar-refractivity contribution in [3.63, 3.8) is 0 Å². The molecule has 1 atom stereocenters. The summed E-state index contributed by atoms with van der Waals surface area (Å²) in [5, 5.41) is 21.2. The van der Waals surface area contributed by atoms with E-state index in [9.17, 15) is 20.2 Å². The Balaban J connectivity index is 1.99. The van der Waals surface area contributed by atoms with Gasteiger partial charge in [0, 0.05) is 34.3 Å². The molecule has 1 aliphatic heterocycles. The zero-order chi connectivity index (χ0) is 22.5. The number of hydrogen-bond donors (Lipinski definition) is 1. The maximum absolute atomic E-state index is 13.4. The average molecular weight is 435 g/mol. The fourth-order valence-corrected chi connectivity index (χ4v) is 5.39. The Morgan fingerprint density at radius 1 is 1.29 bits per heavy atom. The normalized spacial score (nSPS) is 20.5. The molecule has 0 saturated heterocycles. The van der Waals surface area contributed by atoms with Crippen LogP contribution in [0.2, 0.25) is 0 Å². The first-order valence-electron chi connectivity index (χ1n) is 9.90. The van der Waals surface area contributed by atoms with Gasteiger partial charge in [-0.2, -0.15) is 5.26 Å². The predicted octanol–water partition coefficient (Wildman–Crippen LogP) is 4.91. The van der Waals surface area contributed by atoms with Gasteiger partial charge in [0.2, 0.25) is 0 Å². The number of nitrogens with zero attached hydrogens (tertiary/aromatic N) is 3. The number of ketones is 1. The molecule has 7 nitrogen and oxygen atoms in total. The number of carbonyl (C=O) groups is 1. The van der Waals surface area contributed by atoms with Crippen LogP contribution in [0.5, 0.6) is 0 Å². The number of allylic oxidation sites excluding steroid dienone is 3. The molecule has 1 aromatic heterocycles. The fraction of sp³-hybridized carbons (Fsp3) is 0.304. The van der Waals surface area contributed by atoms with Gasteiger partial charge in [0.1, 0.15) is 5.82 Å². The average Bonchev–Trinajstić information content (AvgIpc) is 3.16. The number of benzene rings is 1. The van der Waals surface area contributed by atoms with Crippen LogP contribution in [0.3, 0.4) is 0 Å². The third-order valence-corrected chi connectivity index (χ3v) is 6.82. The molecule has 0 bridgehead atoms. The monoisotopic (exact) mass is 434 g/mol. The number of hydrogen-bond acceptors (Lipinski definition) is 7. The molecule has 1 aliphatic carbocycles. The first kappa shape index (κ1) is 20.8. The van der Waals surface area contributed by atoms with E-state index < -0.39 is 10.8 Å². The minimum atomic E-state index is -0.691. The molecule has 0 spiro atoms. The highest BCUT2D eigenvalue weighted by Gasteiger charge is 2.45. The van der Waals surface area contributed by atoms with Crippen molar-refractivity contribution >= 4 is 27.8 Å². The molecule has 31 heavy (non-hydrogen) atoms. The second kappa shape index (κ2) is 7.36. The zero-order valence-electron chi connectivity index (χ0n) is 17.5. The molecule has 2 N–H and O–H groups in total. The minimum absolute atomic E-state index is 0.0299. The van der Waals surface area contributed by atoms with E-state index in [-0.39, 0.29) is 27.6 Å². The topological polar surface area (TPSA) is 113 Å². The number of thiophene rings is 1. The van der Waals surface area contributed by atoms with Gasteiger partial charge in [-0.25, -0.2) is 0 Å². The van der Waals surface area contributed by atoms with Crippen LogP contribution < -0.4 is 10.6 Å². The Bertz CT molecular complexity index is 1220. The molecule has 0 radical (unpaired) electrons. The number of anilines is 1. The van der Waals surface area contributed by atoms with Gasteiger partial charge in [0.15, 0.2) is 5.78 Å². The second-order valence-corrected chi connectivity index (χ2v) is 9.85. The van der Waals surface area contributed by atoms with Gasteiger partial charge in [-0.3, -0.25) is 19.8 Å². The second-order valence-electron chi connectivity index (χ2n) is 8.75. The quantitative estimate of drug-likeness (QED) is 0.543. The van der Waals surface area contributed by atoms with Gasteiger partial charge >= 0.3 is 5.00 Å². The van der Waals surface area contributed by atoms with Crippen molar-refractivity contribution in [3.05, 3.63) is 79.6 Å². The van der Waals surface area contributed by atoms with E-state index in [0.717, 1.165) is 28.3 Å². The number of nitrogens with two attached hydrogens (primary N) is 1. The lowest BCUT2D eigenvalue weighted by atomic mass is 9.69. The van der Waals surface area contributed by atoms with Crippen molar-refractivity contribution in [3.8, 4) is 6.07 Å². The number of Topliss-reactive ketones (excluding diaryl/α,β-unsaturated/α-hetero) is 1. The van der Waals surface area contributed by atoms with Gasteiger partial charge in [-0.15, -0.1) is 0 Å². The Morgan fingerprint density at radius 2 is 2.03 bits per heavy atom. The lowest BCUT2D eigenvalue weighted by Gasteiger charge is -2.43. The highest BCUT2D eigenvalue weighted by atomic mass is 32.1. The summed E-state index contributed by atoms with van der Waals surface area (Å²) >= 11 is 0.981. The largest absolute Gasteiger partial charge is 0.384 e. The molecule has 1 unspecified atom stereocenters. The van der Waals surface area contributed by atoms with Crippen molar-refractivity contribution in [1.29, 1.82) is 5.26 Å². The van der Waals surface area contributed by atoms with Gasteiger partial charge in [-0.05, 0) is 42.5 Å². The number of carbonyl (C=O) groups excluding carboxylic acids is 1. The van der Waals surface area contributed by atoms with Crippen molar-refractivity contribution in [2.75, 3.05) is 4.90 Å². The van der Waals surface area contributed by atoms with Crippen molar-refractivity contribution < 1.29 is 9.72 Å². The van der Waals surface area contributed by atoms with E-state index in [1.54, 1.807) is 6.07 Å². The third kappa shape index (κ3) is 3.51. The van der Waals surface area contributed by atoms with Crippen LogP contribution in [0.4, 0.5) is 10.7 Å². The fourth-order valence-electron chi connectivity index (χ4n) is 4.45. The molecule has 158 valence electrons. The Morgan fingerprint density at radius 3 is 2.65 bits per heavy atom. The summed E-state index contributed by atoms with van der Waals surface area (Å²) in [6, 6.07) is 13.0. The molecule has 1 aromatic carbocycles. The summed E-state index contributed by atoms with van der Waals surface area (Å²) in [5.74, 6) is -0.480. The molecule has 0 saturated carbocycles. The Hall–Kier alpha value is -3.44. The smallest absolute Gasteiger partial charge is 0.324 e. The van der Waals surface area contributed by atoms with E-state index in [2.05, 4.69) is 6.07 Å². The van der Waals surface area contributed by atoms with Crippen LogP contribution in [-0.4, -0.2) is 10.7 Å². The highest BCUT2D eigenvalue weighted by molar-refractivity contribution is 7.15. The molecule has 2 heterocycles. The van der Waals surface area contributed by atoms with Crippen LogP contribution in [0.15, 0.2) is 59.1 Å². The standard InChI is InChI=1S/C23H22N4O3S/c1-13-5-4-6-14(9-13)26-16-10-23(2,3)11-17(28)21(16)20(15(12-24)22(26)25)18-7-8-19(31-18)27(29)30/h4-9,20H,10-11,25H2,1-3H3. The Labute approximate surface area is 184 Å². The molecule has 2 aliphatic rings. The van der Waals surface area contributed by atoms with Gasteiger partial charge < -0.3 is 5.73 Å². The first-order chi connectivity index (χ1) is 14.6. The predicted molar refractivity (Wildman–Crippen MR) is 119 cm³/mol. The molecular weight excluding hydrogens is 412 g/mol. The van der Waals surface area contributed by atoms with Gasteiger partial charge in [-0.1, -0.05) is 37.3 Å². The van der Waals surface area contributed by atoms with Crippen molar-refractivity contribution in [1.82, 2.24) is 0 Å². The summed E-state index contributed by atoms with van der Waals surface area (Å²) in [6.45, 7) is 6.04. The lowest BCUT2D eigenvalue weighted by molar-refractivity contribution is -0.380. The third-order valence-electron chi connectivity index (χ3n) is 5.72.